The summed E-state index contributed by atoms with van der Waals surface area (Å²) in [6.45, 7) is 4.08. The van der Waals surface area contributed by atoms with Gasteiger partial charge in [-0.2, -0.15) is 0 Å². The van der Waals surface area contributed by atoms with Crippen LogP contribution in [0.5, 0.6) is 0 Å². The number of hydrogen-bond donors (Lipinski definition) is 0. The lowest BCUT2D eigenvalue weighted by molar-refractivity contribution is -0.870. The summed E-state index contributed by atoms with van der Waals surface area (Å²) in [5, 5.41) is 0. The summed E-state index contributed by atoms with van der Waals surface area (Å²) in [6.07, 6.45) is 101. The van der Waals surface area contributed by atoms with Crippen molar-refractivity contribution in [1.29, 1.82) is 0 Å². The van der Waals surface area contributed by atoms with Crippen molar-refractivity contribution in [2.45, 2.75) is 264 Å². The predicted octanol–water partition coefficient (Wildman–Crippen LogP) is 22.3. The molecule has 0 bridgehead atoms. The van der Waals surface area contributed by atoms with Crippen LogP contribution < -0.4 is 4.89 Å². The summed E-state index contributed by atoms with van der Waals surface area (Å²) >= 11 is 0. The van der Waals surface area contributed by atoms with Crippen LogP contribution in [0.15, 0.2) is 170 Å². The van der Waals surface area contributed by atoms with Crippen LogP contribution in [-0.4, -0.2) is 70.0 Å². The highest BCUT2D eigenvalue weighted by atomic mass is 31.2. The Hall–Kier alpha value is -4.63. The zero-order valence-electron chi connectivity index (χ0n) is 56.6. The molecule has 88 heavy (non-hydrogen) atoms. The highest BCUT2D eigenvalue weighted by molar-refractivity contribution is 7.45. The van der Waals surface area contributed by atoms with Crippen LogP contribution in [0, 0.1) is 0 Å². The summed E-state index contributed by atoms with van der Waals surface area (Å²) in [4.78, 5) is 38.0. The van der Waals surface area contributed by atoms with Gasteiger partial charge in [-0.05, 0) is 135 Å². The van der Waals surface area contributed by atoms with E-state index in [0.717, 1.165) is 141 Å². The Morgan fingerprint density at radius 3 is 0.966 bits per heavy atom. The average Bonchev–Trinajstić information content (AvgIpc) is 3.58. The van der Waals surface area contributed by atoms with E-state index in [2.05, 4.69) is 184 Å². The van der Waals surface area contributed by atoms with Gasteiger partial charge in [-0.1, -0.05) is 280 Å². The molecule has 0 aromatic heterocycles. The molecule has 0 saturated heterocycles. The highest BCUT2D eigenvalue weighted by Gasteiger charge is 2.22. The number of nitrogens with zero attached hydrogens (tertiary/aromatic N) is 1. The first-order valence-corrected chi connectivity index (χ1v) is 36.3. The van der Waals surface area contributed by atoms with Crippen molar-refractivity contribution in [1.82, 2.24) is 0 Å². The van der Waals surface area contributed by atoms with Gasteiger partial charge in [-0.25, -0.2) is 0 Å². The molecule has 0 aliphatic carbocycles. The Morgan fingerprint density at radius 1 is 0.364 bits per heavy atom. The molecule has 0 rings (SSSR count). The number of esters is 2. The maximum Gasteiger partial charge on any atom is 0.306 e. The number of unbranched alkanes of at least 4 members (excludes halogenated alkanes) is 20. The second-order valence-corrected chi connectivity index (χ2v) is 25.2. The molecule has 0 saturated carbocycles. The predicted molar refractivity (Wildman–Crippen MR) is 378 cm³/mol. The summed E-state index contributed by atoms with van der Waals surface area (Å²) in [7, 11) is 1.13. The summed E-state index contributed by atoms with van der Waals surface area (Å²) in [5.41, 5.74) is 0. The normalized spacial score (nSPS) is 14.2. The number of ether oxygens (including phenoxy) is 2. The van der Waals surface area contributed by atoms with Crippen LogP contribution >= 0.6 is 7.82 Å². The fourth-order valence-corrected chi connectivity index (χ4v) is 9.63. The number of rotatable bonds is 62. The Bertz CT molecular complexity index is 2090. The minimum Gasteiger partial charge on any atom is -0.756 e. The standard InChI is InChI=1S/C78H128NO8P/c1-6-8-10-12-14-16-18-20-22-24-26-28-30-31-32-33-34-35-36-37-38-39-40-41-42-43-44-45-46-47-49-51-53-55-57-59-61-63-65-67-69-71-78(81)87-76(75-86-88(82,83)85-73-72-79(3,4)5)74-84-77(80)70-68-66-64-62-60-58-56-54-52-50-48-29-27-25-23-21-19-17-15-13-11-9-7-2/h8,10,14,16,19-22,25-28,31-32,34-35,37-38,40-41,43-44,46-48,50-51,53,76H,6-7,9,11-13,15,17-18,23-24,29-30,33,36,39,42,45,49,52,54-75H2,1-5H3/b10-8-,16-14-,21-19-,22-20-,27-25-,28-26-,32-31-,35-34-,38-37-,41-40-,44-43-,47-46-,50-48-,53-51-. The Morgan fingerprint density at radius 2 is 0.648 bits per heavy atom. The van der Waals surface area contributed by atoms with Crippen molar-refractivity contribution in [3.63, 3.8) is 0 Å². The van der Waals surface area contributed by atoms with Crippen molar-refractivity contribution in [2.75, 3.05) is 47.5 Å². The lowest BCUT2D eigenvalue weighted by Gasteiger charge is -2.28. The van der Waals surface area contributed by atoms with E-state index in [1.54, 1.807) is 0 Å². The molecule has 9 nitrogen and oxygen atoms in total. The van der Waals surface area contributed by atoms with E-state index in [-0.39, 0.29) is 26.1 Å². The molecule has 2 atom stereocenters. The zero-order valence-corrected chi connectivity index (χ0v) is 57.5. The van der Waals surface area contributed by atoms with Crippen LogP contribution in [0.3, 0.4) is 0 Å². The SMILES string of the molecule is CC/C=C\C/C=C\C/C=C\C/C=C\C/C=C\C/C=C\C/C=C\C/C=C\C/C=C\C/C=C\C/C=C\CCCCCCCCCC(=O)OC(COC(=O)CCCCCCCCCC/C=C\C/C=C\C/C=C\CCCCCCC)COP(=O)([O-])OCC[N+](C)(C)C. The number of carbonyl (C=O) groups excluding carboxylic acids is 2. The molecule has 2 unspecified atom stereocenters. The number of likely N-dealkylation sites (N-methyl/N-ethyl adjacent to an activating group) is 1. The van der Waals surface area contributed by atoms with E-state index in [0.29, 0.717) is 23.9 Å². The van der Waals surface area contributed by atoms with Crippen LogP contribution in [0.1, 0.15) is 258 Å². The van der Waals surface area contributed by atoms with E-state index in [1.165, 1.54) is 77.0 Å². The summed E-state index contributed by atoms with van der Waals surface area (Å²) in [5.74, 6) is -0.863. The minimum absolute atomic E-state index is 0.0432. The van der Waals surface area contributed by atoms with E-state index < -0.39 is 32.5 Å². The third kappa shape index (κ3) is 70.5. The van der Waals surface area contributed by atoms with Crippen LogP contribution in [0.2, 0.25) is 0 Å². The van der Waals surface area contributed by atoms with Gasteiger partial charge >= 0.3 is 11.9 Å². The van der Waals surface area contributed by atoms with Crippen molar-refractivity contribution < 1.29 is 42.1 Å². The van der Waals surface area contributed by atoms with Crippen molar-refractivity contribution in [2.24, 2.45) is 0 Å². The van der Waals surface area contributed by atoms with E-state index >= 15 is 0 Å². The molecule has 10 heteroatoms. The molecule has 0 aliphatic heterocycles. The van der Waals surface area contributed by atoms with Crippen LogP contribution in [-0.2, 0) is 32.7 Å². The monoisotopic (exact) mass is 1240 g/mol. The highest BCUT2D eigenvalue weighted by Crippen LogP contribution is 2.38. The number of quaternary nitrogens is 1. The van der Waals surface area contributed by atoms with Crippen molar-refractivity contribution >= 4 is 19.8 Å². The average molecular weight is 1240 g/mol. The topological polar surface area (TPSA) is 111 Å². The van der Waals surface area contributed by atoms with E-state index in [1.807, 2.05) is 21.1 Å². The van der Waals surface area contributed by atoms with Crippen LogP contribution in [0.4, 0.5) is 0 Å². The largest absolute Gasteiger partial charge is 0.756 e. The fourth-order valence-electron chi connectivity index (χ4n) is 8.90. The number of hydrogen-bond acceptors (Lipinski definition) is 8. The van der Waals surface area contributed by atoms with Gasteiger partial charge in [0.15, 0.2) is 6.10 Å². The zero-order chi connectivity index (χ0) is 64.1. The minimum atomic E-state index is -4.66. The molecule has 0 N–H and O–H groups in total. The van der Waals surface area contributed by atoms with Gasteiger partial charge in [0.2, 0.25) is 0 Å². The molecule has 0 aromatic rings. The third-order valence-corrected chi connectivity index (χ3v) is 15.2. The summed E-state index contributed by atoms with van der Waals surface area (Å²) in [6, 6.07) is 0. The molecular formula is C78H128NO8P. The van der Waals surface area contributed by atoms with Crippen molar-refractivity contribution in [3.8, 4) is 0 Å². The molecule has 0 amide bonds. The van der Waals surface area contributed by atoms with Gasteiger partial charge < -0.3 is 27.9 Å². The van der Waals surface area contributed by atoms with Gasteiger partial charge in [0.05, 0.1) is 27.7 Å². The third-order valence-electron chi connectivity index (χ3n) is 14.2. The van der Waals surface area contributed by atoms with Gasteiger partial charge in [-0.3, -0.25) is 14.2 Å². The number of allylic oxidation sites excluding steroid dienone is 28. The smallest absolute Gasteiger partial charge is 0.306 e. The number of carbonyl (C=O) groups is 2. The Labute approximate surface area is 540 Å². The second-order valence-electron chi connectivity index (χ2n) is 23.8. The molecule has 0 fully saturated rings. The Balaban J connectivity index is 4.16. The van der Waals surface area contributed by atoms with E-state index in [9.17, 15) is 19.0 Å². The molecule has 0 spiro atoms. The van der Waals surface area contributed by atoms with Gasteiger partial charge in [0, 0.05) is 12.8 Å². The van der Waals surface area contributed by atoms with E-state index in [4.69, 9.17) is 18.5 Å². The first-order chi connectivity index (χ1) is 43.0. The summed E-state index contributed by atoms with van der Waals surface area (Å²) < 4.78 is 34.3. The van der Waals surface area contributed by atoms with Gasteiger partial charge in [0.25, 0.3) is 7.82 Å². The Kier molecular flexibility index (Phi) is 63.3. The molecule has 498 valence electrons. The first kappa shape index (κ1) is 83.4. The lowest BCUT2D eigenvalue weighted by Crippen LogP contribution is -2.37. The molecule has 0 radical (unpaired) electrons. The molecule has 0 aliphatic rings. The number of phosphoric acid groups is 1. The maximum absolute atomic E-state index is 12.9. The molecule has 0 aromatic carbocycles. The van der Waals surface area contributed by atoms with Gasteiger partial charge in [0.1, 0.15) is 19.8 Å². The van der Waals surface area contributed by atoms with Gasteiger partial charge in [-0.15, -0.1) is 0 Å². The van der Waals surface area contributed by atoms with Crippen LogP contribution in [0.25, 0.3) is 0 Å². The van der Waals surface area contributed by atoms with Crippen molar-refractivity contribution in [3.05, 3.63) is 170 Å². The molecular weight excluding hydrogens is 1110 g/mol. The maximum atomic E-state index is 12.9. The second kappa shape index (κ2) is 66.8. The lowest BCUT2D eigenvalue weighted by atomic mass is 10.1. The quantitative estimate of drug-likeness (QED) is 0.0195. The fraction of sp³-hybridized carbons (Fsp3) is 0.615. The first-order valence-electron chi connectivity index (χ1n) is 34.8. The molecule has 0 heterocycles. The number of phosphoric ester groups is 1.